The molecule has 0 aliphatic carbocycles. The van der Waals surface area contributed by atoms with Gasteiger partial charge in [0.2, 0.25) is 0 Å². The van der Waals surface area contributed by atoms with E-state index in [0.29, 0.717) is 0 Å². The highest BCUT2D eigenvalue weighted by Crippen LogP contribution is 2.48. The Balaban J connectivity index is 1.47. The maximum Gasteiger partial charge on any atom is 0.143 e. The van der Waals surface area contributed by atoms with Gasteiger partial charge in [-0.15, -0.1) is 0 Å². The molecule has 228 valence electrons. The number of furan rings is 1. The maximum absolute atomic E-state index is 9.62. The molecule has 10 aromatic rings. The highest BCUT2D eigenvalue weighted by Gasteiger charge is 2.21. The summed E-state index contributed by atoms with van der Waals surface area (Å²) in [6.07, 6.45) is 0. The minimum Gasteiger partial charge on any atom is -0.455 e. The minimum atomic E-state index is -1.04. The summed E-state index contributed by atoms with van der Waals surface area (Å²) < 4.78 is 276. The van der Waals surface area contributed by atoms with Crippen LogP contribution < -0.4 is 0 Å². The summed E-state index contributed by atoms with van der Waals surface area (Å²) in [5, 5.41) is -5.62. The molecular weight excluding hydrogens is 593 g/mol. The van der Waals surface area contributed by atoms with Crippen molar-refractivity contribution in [1.29, 1.82) is 0 Å². The van der Waals surface area contributed by atoms with Crippen molar-refractivity contribution in [2.45, 2.75) is 0 Å². The van der Waals surface area contributed by atoms with E-state index in [1.54, 1.807) is 0 Å². The van der Waals surface area contributed by atoms with E-state index in [0.717, 1.165) is 0 Å². The Labute approximate surface area is 326 Å². The maximum atomic E-state index is 9.62. The Kier molecular flexibility index (Phi) is 2.50. The Morgan fingerprint density at radius 2 is 0.878 bits per heavy atom. The lowest BCUT2D eigenvalue weighted by Gasteiger charge is -2.18. The van der Waals surface area contributed by atoms with Crippen LogP contribution in [-0.2, 0) is 0 Å². The highest BCUT2D eigenvalue weighted by molar-refractivity contribution is 6.26. The van der Waals surface area contributed by atoms with Crippen molar-refractivity contribution in [3.05, 3.63) is 181 Å². The summed E-state index contributed by atoms with van der Waals surface area (Å²) >= 11 is 0. The molecule has 0 N–H and O–H groups in total. The third-order valence-corrected chi connectivity index (χ3v) is 7.87. The number of fused-ring (bicyclic) bond motifs is 6. The molecule has 0 amide bonds. The zero-order valence-corrected chi connectivity index (χ0v) is 24.4. The second kappa shape index (κ2) is 11.1. The first-order valence-electron chi connectivity index (χ1n) is 29.4. The van der Waals surface area contributed by atoms with Gasteiger partial charge in [0.05, 0.1) is 41.1 Å². The van der Waals surface area contributed by atoms with Crippen molar-refractivity contribution in [1.82, 2.24) is 0 Å². The van der Waals surface area contributed by atoms with Crippen molar-refractivity contribution in [2.75, 3.05) is 0 Å². The Morgan fingerprint density at radius 1 is 0.347 bits per heavy atom. The van der Waals surface area contributed by atoms with Crippen LogP contribution in [0.3, 0.4) is 0 Å². The summed E-state index contributed by atoms with van der Waals surface area (Å²) in [7, 11) is 0. The lowest BCUT2D eigenvalue weighted by molar-refractivity contribution is 0.670. The third-order valence-electron chi connectivity index (χ3n) is 7.87. The topological polar surface area (TPSA) is 13.1 Å². The first kappa shape index (κ1) is 11.1. The molecule has 0 saturated carbocycles. The van der Waals surface area contributed by atoms with Gasteiger partial charge in [-0.3, -0.25) is 0 Å². The normalized spacial score (nSPS) is 20.2. The van der Waals surface area contributed by atoms with Crippen molar-refractivity contribution in [3.8, 4) is 44.5 Å². The van der Waals surface area contributed by atoms with Gasteiger partial charge in [0.1, 0.15) is 11.2 Å². The van der Waals surface area contributed by atoms with E-state index in [9.17, 15) is 15.1 Å². The number of para-hydroxylation sites is 1. The molecule has 0 radical (unpaired) electrons. The summed E-state index contributed by atoms with van der Waals surface area (Å²) in [6, 6.07) is -28.9. The fourth-order valence-corrected chi connectivity index (χ4v) is 5.81. The molecule has 1 aromatic heterocycles. The number of benzene rings is 9. The van der Waals surface area contributed by atoms with Gasteiger partial charge < -0.3 is 4.42 Å². The van der Waals surface area contributed by atoms with Crippen LogP contribution >= 0.6 is 0 Å². The fraction of sp³-hybridized carbons (Fsp3) is 0. The molecule has 0 fully saturated rings. The summed E-state index contributed by atoms with van der Waals surface area (Å²) in [5.41, 5.74) is -7.71. The average molecular weight is 653 g/mol. The van der Waals surface area contributed by atoms with Crippen molar-refractivity contribution >= 4 is 54.3 Å². The molecule has 0 saturated heterocycles. The van der Waals surface area contributed by atoms with Gasteiger partial charge in [-0.2, -0.15) is 0 Å². The van der Waals surface area contributed by atoms with Gasteiger partial charge in [0, 0.05) is 16.3 Å². The predicted molar refractivity (Wildman–Crippen MR) is 208 cm³/mol. The van der Waals surface area contributed by atoms with Gasteiger partial charge in [-0.05, 0) is 83.3 Å². The van der Waals surface area contributed by atoms with Gasteiger partial charge in [0.25, 0.3) is 0 Å². The zero-order valence-electron chi connectivity index (χ0n) is 54.4. The third kappa shape index (κ3) is 4.40. The number of hydrogen-bond acceptors (Lipinski definition) is 1. The summed E-state index contributed by atoms with van der Waals surface area (Å²) in [4.78, 5) is 0. The predicted octanol–water partition coefficient (Wildman–Crippen LogP) is 13.7. The molecule has 0 aliphatic rings. The molecule has 0 spiro atoms. The second-order valence-corrected chi connectivity index (χ2v) is 10.5. The van der Waals surface area contributed by atoms with Crippen LogP contribution in [0.1, 0.15) is 41.1 Å². The molecule has 0 bridgehead atoms. The van der Waals surface area contributed by atoms with Crippen molar-refractivity contribution in [2.24, 2.45) is 0 Å². The molecule has 0 unspecified atom stereocenters. The van der Waals surface area contributed by atoms with Gasteiger partial charge in [-0.1, -0.05) is 169 Å². The summed E-state index contributed by atoms with van der Waals surface area (Å²) in [5.74, 6) is 0. The van der Waals surface area contributed by atoms with Crippen LogP contribution in [0.25, 0.3) is 98.8 Å². The molecule has 10 rings (SSSR count). The van der Waals surface area contributed by atoms with Crippen LogP contribution in [0.2, 0.25) is 0 Å². The van der Waals surface area contributed by atoms with Crippen molar-refractivity contribution in [3.63, 3.8) is 0 Å². The van der Waals surface area contributed by atoms with Gasteiger partial charge >= 0.3 is 0 Å². The first-order valence-corrected chi connectivity index (χ1v) is 14.4. The van der Waals surface area contributed by atoms with E-state index in [1.807, 2.05) is 0 Å². The number of rotatable bonds is 4. The Morgan fingerprint density at radius 3 is 1.61 bits per heavy atom. The highest BCUT2D eigenvalue weighted by atomic mass is 16.3. The van der Waals surface area contributed by atoms with Gasteiger partial charge in [-0.25, -0.2) is 0 Å². The Bertz CT molecular complexity index is 4460. The van der Waals surface area contributed by atoms with E-state index < -0.39 is 280 Å². The van der Waals surface area contributed by atoms with Crippen LogP contribution in [0.5, 0.6) is 0 Å². The second-order valence-electron chi connectivity index (χ2n) is 10.5. The monoisotopic (exact) mass is 652 g/mol. The molecule has 9 aromatic carbocycles. The Hall–Kier alpha value is -6.44. The van der Waals surface area contributed by atoms with E-state index >= 15 is 0 Å². The minimum absolute atomic E-state index is 0.599. The number of hydrogen-bond donors (Lipinski definition) is 0. The van der Waals surface area contributed by atoms with Crippen LogP contribution in [0, 0.1) is 0 Å². The van der Waals surface area contributed by atoms with Crippen LogP contribution in [0.4, 0.5) is 0 Å². The quantitative estimate of drug-likeness (QED) is 0.172. The fourth-order valence-electron chi connectivity index (χ4n) is 5.81. The van der Waals surface area contributed by atoms with Crippen LogP contribution in [0.15, 0.2) is 186 Å². The summed E-state index contributed by atoms with van der Waals surface area (Å²) in [6.45, 7) is 0. The van der Waals surface area contributed by atoms with Gasteiger partial charge in [0.15, 0.2) is 0 Å². The molecule has 49 heavy (non-hydrogen) atoms. The SMILES string of the molecule is [2H]c1c([2H])c([2H])c(-c2c([2H])c([2H])c(-c3c([2H])c([2H])c([2H])c4c3oc3c([2H])c([2H])c([2H])c(-c5c6c([2H])c([2H])c([2H])c([2H])c6c(-c6c([2H])c([2H])c7c([2H])c([2H])c([2H])c([2H])c7c6[2H])c6c([2H])c([2H])c([2H])c([2H])c56)c34)c([2H])c2[2H])c([2H])c1[2H]. The molecular formula is C48H30O. The molecule has 0 atom stereocenters. The molecule has 1 heteroatoms. The molecule has 1 heterocycles. The lowest BCUT2D eigenvalue weighted by Crippen LogP contribution is -1.91. The van der Waals surface area contributed by atoms with E-state index in [2.05, 4.69) is 0 Å². The standard InChI is InChI=1S/C48H30O/c1-2-12-31(13-3-1)33-24-27-34(28-25-33)37-20-10-22-43-47-42(21-11-23-44(47)49-48(37)43)46-40-18-8-6-16-38(40)45(39-17-7-9-19-41(39)46)36-29-26-32-14-4-5-15-35(32)30-36/h1-30H/i1D,2D,3D,4D,5D,6D,7D,8D,9D,10D,11D,12D,13D,14D,15D,16D,17D,18D,19D,20D,21D,22D,23D,24D,25D,26D,27D,28D,29D,30D. The van der Waals surface area contributed by atoms with Crippen molar-refractivity contribution < 1.29 is 45.5 Å². The molecule has 1 nitrogen and oxygen atoms in total. The van der Waals surface area contributed by atoms with E-state index in [1.165, 1.54) is 0 Å². The van der Waals surface area contributed by atoms with Crippen LogP contribution in [-0.4, -0.2) is 0 Å². The average Bonchev–Trinajstić information content (AvgIpc) is 3.90. The first-order chi connectivity index (χ1) is 36.8. The zero-order chi connectivity index (χ0) is 58.4. The largest absolute Gasteiger partial charge is 0.455 e. The lowest BCUT2D eigenvalue weighted by atomic mass is 9.84. The van der Waals surface area contributed by atoms with E-state index in [-0.39, 0.29) is 0 Å². The smallest absolute Gasteiger partial charge is 0.143 e. The molecule has 0 aliphatic heterocycles. The van der Waals surface area contributed by atoms with E-state index in [4.69, 9.17) is 30.5 Å².